The Kier molecular flexibility index (Phi) is 4.68. The van der Waals surface area contributed by atoms with Crippen LogP contribution in [-0.4, -0.2) is 16.2 Å². The molecule has 0 radical (unpaired) electrons. The number of nitrogens with zero attached hydrogens (tertiary/aromatic N) is 2. The molecule has 0 atom stereocenters. The van der Waals surface area contributed by atoms with Gasteiger partial charge in [0.05, 0.1) is 17.6 Å². The summed E-state index contributed by atoms with van der Waals surface area (Å²) in [4.78, 5) is 4.88. The van der Waals surface area contributed by atoms with Crippen LogP contribution in [-0.2, 0) is 6.54 Å². The number of aryl methyl sites for hydroxylation is 2. The zero-order valence-electron chi connectivity index (χ0n) is 16.1. The first-order chi connectivity index (χ1) is 13.1. The number of aromatic nitrogens is 2. The van der Waals surface area contributed by atoms with E-state index in [2.05, 4.69) is 73.9 Å². The molecule has 3 nitrogen and oxygen atoms in total. The molecular formula is C24H24N2O. The van der Waals surface area contributed by atoms with Crippen molar-refractivity contribution in [3.63, 3.8) is 0 Å². The molecule has 4 aromatic rings. The number of hydrogen-bond acceptors (Lipinski definition) is 2. The molecule has 3 heteroatoms. The molecule has 3 aromatic carbocycles. The number of rotatable bonds is 5. The van der Waals surface area contributed by atoms with E-state index in [4.69, 9.17) is 9.72 Å². The van der Waals surface area contributed by atoms with Gasteiger partial charge in [0, 0.05) is 5.56 Å². The van der Waals surface area contributed by atoms with Crippen molar-refractivity contribution in [2.45, 2.75) is 27.3 Å². The highest BCUT2D eigenvalue weighted by molar-refractivity contribution is 5.80. The molecule has 0 N–H and O–H groups in total. The Labute approximate surface area is 160 Å². The van der Waals surface area contributed by atoms with Crippen molar-refractivity contribution in [3.8, 4) is 17.1 Å². The summed E-state index contributed by atoms with van der Waals surface area (Å²) in [6, 6.07) is 23.0. The molecule has 0 bridgehead atoms. The van der Waals surface area contributed by atoms with Gasteiger partial charge in [-0.25, -0.2) is 4.98 Å². The number of hydrogen-bond donors (Lipinski definition) is 0. The average Bonchev–Trinajstić information content (AvgIpc) is 3.04. The van der Waals surface area contributed by atoms with Crippen molar-refractivity contribution in [1.29, 1.82) is 0 Å². The van der Waals surface area contributed by atoms with Crippen LogP contribution < -0.4 is 4.74 Å². The molecule has 27 heavy (non-hydrogen) atoms. The van der Waals surface area contributed by atoms with Crippen LogP contribution in [0.15, 0.2) is 66.7 Å². The summed E-state index contributed by atoms with van der Waals surface area (Å²) in [6.07, 6.45) is 0. The first kappa shape index (κ1) is 17.3. The Morgan fingerprint density at radius 2 is 1.63 bits per heavy atom. The van der Waals surface area contributed by atoms with Gasteiger partial charge in [0.25, 0.3) is 0 Å². The van der Waals surface area contributed by atoms with Gasteiger partial charge in [-0.3, -0.25) is 0 Å². The number of imidazole rings is 1. The third-order valence-electron chi connectivity index (χ3n) is 5.09. The molecule has 0 aliphatic heterocycles. The quantitative estimate of drug-likeness (QED) is 0.458. The highest BCUT2D eigenvalue weighted by atomic mass is 16.5. The normalized spacial score (nSPS) is 11.1. The lowest BCUT2D eigenvalue weighted by molar-refractivity contribution is 0.298. The molecule has 0 saturated carbocycles. The Hall–Kier alpha value is -3.07. The van der Waals surface area contributed by atoms with E-state index < -0.39 is 0 Å². The van der Waals surface area contributed by atoms with E-state index in [1.54, 1.807) is 0 Å². The summed E-state index contributed by atoms with van der Waals surface area (Å²) in [5, 5.41) is 0. The Morgan fingerprint density at radius 1 is 0.852 bits per heavy atom. The third kappa shape index (κ3) is 3.45. The predicted molar refractivity (Wildman–Crippen MR) is 111 cm³/mol. The smallest absolute Gasteiger partial charge is 0.141 e. The predicted octanol–water partition coefficient (Wildman–Crippen LogP) is 5.71. The van der Waals surface area contributed by atoms with Gasteiger partial charge in [0.15, 0.2) is 0 Å². The maximum absolute atomic E-state index is 6.10. The first-order valence-electron chi connectivity index (χ1n) is 9.35. The maximum Gasteiger partial charge on any atom is 0.141 e. The van der Waals surface area contributed by atoms with Crippen molar-refractivity contribution < 1.29 is 4.74 Å². The van der Waals surface area contributed by atoms with Crippen molar-refractivity contribution in [1.82, 2.24) is 9.55 Å². The summed E-state index contributed by atoms with van der Waals surface area (Å²) in [5.74, 6) is 1.94. The fourth-order valence-corrected chi connectivity index (χ4v) is 3.35. The fourth-order valence-electron chi connectivity index (χ4n) is 3.35. The summed E-state index contributed by atoms with van der Waals surface area (Å²) >= 11 is 0. The maximum atomic E-state index is 6.10. The van der Waals surface area contributed by atoms with Crippen molar-refractivity contribution >= 4 is 11.0 Å². The first-order valence-corrected chi connectivity index (χ1v) is 9.35. The Balaban J connectivity index is 1.65. The standard InChI is InChI=1S/C24H24N2O/c1-17-11-13-20(14-12-17)24-25-21-8-4-5-9-22(21)26(24)15-16-27-23-10-6-7-18(2)19(23)3/h4-14H,15-16H2,1-3H3. The van der Waals surface area contributed by atoms with Crippen LogP contribution in [0.1, 0.15) is 16.7 Å². The van der Waals surface area contributed by atoms with Gasteiger partial charge in [-0.05, 0) is 50.1 Å². The van der Waals surface area contributed by atoms with Gasteiger partial charge in [-0.15, -0.1) is 0 Å². The fraction of sp³-hybridized carbons (Fsp3) is 0.208. The number of fused-ring (bicyclic) bond motifs is 1. The minimum atomic E-state index is 0.601. The van der Waals surface area contributed by atoms with Crippen LogP contribution in [0.4, 0.5) is 0 Å². The zero-order chi connectivity index (χ0) is 18.8. The lowest BCUT2D eigenvalue weighted by Crippen LogP contribution is -2.10. The van der Waals surface area contributed by atoms with E-state index in [0.29, 0.717) is 6.61 Å². The van der Waals surface area contributed by atoms with Crippen molar-refractivity contribution in [2.24, 2.45) is 0 Å². The second kappa shape index (κ2) is 7.28. The summed E-state index contributed by atoms with van der Waals surface area (Å²) in [7, 11) is 0. The molecule has 0 amide bonds. The second-order valence-electron chi connectivity index (χ2n) is 6.99. The third-order valence-corrected chi connectivity index (χ3v) is 5.09. The summed E-state index contributed by atoms with van der Waals surface area (Å²) in [5.41, 5.74) is 6.98. The van der Waals surface area contributed by atoms with E-state index in [9.17, 15) is 0 Å². The minimum Gasteiger partial charge on any atom is -0.491 e. The number of para-hydroxylation sites is 2. The lowest BCUT2D eigenvalue weighted by Gasteiger charge is -2.13. The van der Waals surface area contributed by atoms with E-state index >= 15 is 0 Å². The van der Waals surface area contributed by atoms with E-state index in [1.807, 2.05) is 18.2 Å². The number of ether oxygens (including phenoxy) is 1. The molecule has 0 unspecified atom stereocenters. The van der Waals surface area contributed by atoms with Crippen LogP contribution >= 0.6 is 0 Å². The van der Waals surface area contributed by atoms with Crippen molar-refractivity contribution in [2.75, 3.05) is 6.61 Å². The largest absolute Gasteiger partial charge is 0.491 e. The van der Waals surface area contributed by atoms with Crippen LogP contribution in [0, 0.1) is 20.8 Å². The van der Waals surface area contributed by atoms with Crippen LogP contribution in [0.5, 0.6) is 5.75 Å². The molecule has 0 saturated heterocycles. The summed E-state index contributed by atoms with van der Waals surface area (Å²) in [6.45, 7) is 7.67. The lowest BCUT2D eigenvalue weighted by atomic mass is 10.1. The molecule has 0 spiro atoms. The Morgan fingerprint density at radius 3 is 2.44 bits per heavy atom. The molecule has 0 aliphatic carbocycles. The molecule has 4 rings (SSSR count). The van der Waals surface area contributed by atoms with Gasteiger partial charge in [-0.2, -0.15) is 0 Å². The molecular weight excluding hydrogens is 332 g/mol. The molecule has 136 valence electrons. The topological polar surface area (TPSA) is 27.1 Å². The van der Waals surface area contributed by atoms with Gasteiger partial charge in [0.1, 0.15) is 18.2 Å². The van der Waals surface area contributed by atoms with Gasteiger partial charge in [-0.1, -0.05) is 54.1 Å². The van der Waals surface area contributed by atoms with Crippen LogP contribution in [0.2, 0.25) is 0 Å². The monoisotopic (exact) mass is 356 g/mol. The molecule has 0 fully saturated rings. The molecule has 1 aromatic heterocycles. The summed E-state index contributed by atoms with van der Waals surface area (Å²) < 4.78 is 8.36. The highest BCUT2D eigenvalue weighted by Crippen LogP contribution is 2.26. The number of benzene rings is 3. The highest BCUT2D eigenvalue weighted by Gasteiger charge is 2.12. The van der Waals surface area contributed by atoms with Gasteiger partial charge in [0.2, 0.25) is 0 Å². The SMILES string of the molecule is Cc1ccc(-c2nc3ccccc3n2CCOc2cccc(C)c2C)cc1. The van der Waals surface area contributed by atoms with E-state index in [0.717, 1.165) is 34.7 Å². The van der Waals surface area contributed by atoms with Crippen LogP contribution in [0.25, 0.3) is 22.4 Å². The van der Waals surface area contributed by atoms with Crippen LogP contribution in [0.3, 0.4) is 0 Å². The van der Waals surface area contributed by atoms with E-state index in [-0.39, 0.29) is 0 Å². The average molecular weight is 356 g/mol. The second-order valence-corrected chi connectivity index (χ2v) is 6.99. The molecule has 1 heterocycles. The van der Waals surface area contributed by atoms with Crippen molar-refractivity contribution in [3.05, 3.63) is 83.4 Å². The van der Waals surface area contributed by atoms with E-state index in [1.165, 1.54) is 16.7 Å². The van der Waals surface area contributed by atoms with Gasteiger partial charge < -0.3 is 9.30 Å². The minimum absolute atomic E-state index is 0.601. The van der Waals surface area contributed by atoms with Gasteiger partial charge >= 0.3 is 0 Å². The Bertz CT molecular complexity index is 1080. The zero-order valence-corrected chi connectivity index (χ0v) is 16.1. The molecule has 0 aliphatic rings.